The van der Waals surface area contributed by atoms with Gasteiger partial charge in [0.05, 0.1) is 12.2 Å². The lowest BCUT2D eigenvalue weighted by Crippen LogP contribution is -2.31. The molecule has 0 saturated carbocycles. The first kappa shape index (κ1) is 7.53. The van der Waals surface area contributed by atoms with Gasteiger partial charge in [-0.25, -0.2) is 0 Å². The molecule has 2 nitrogen and oxygen atoms in total. The number of rotatable bonds is 0. The Morgan fingerprint density at radius 1 is 1.50 bits per heavy atom. The van der Waals surface area contributed by atoms with Gasteiger partial charge in [0.2, 0.25) is 0 Å². The number of benzene rings is 1. The van der Waals surface area contributed by atoms with E-state index in [4.69, 9.17) is 12.6 Å². The highest BCUT2D eigenvalue weighted by atomic mass is 16.5. The van der Waals surface area contributed by atoms with E-state index < -0.39 is 0 Å². The Morgan fingerprint density at radius 2 is 2.33 bits per heavy atom. The molecule has 1 aliphatic rings. The van der Waals surface area contributed by atoms with Crippen molar-refractivity contribution in [2.45, 2.75) is 0 Å². The van der Waals surface area contributed by atoms with Gasteiger partial charge >= 0.3 is 0 Å². The van der Waals surface area contributed by atoms with E-state index in [2.05, 4.69) is 4.90 Å². The van der Waals surface area contributed by atoms with Gasteiger partial charge in [0.1, 0.15) is 20.2 Å². The summed E-state index contributed by atoms with van der Waals surface area (Å²) in [6.45, 7) is 1.65. The second-order valence-corrected chi connectivity index (χ2v) is 2.97. The molecule has 1 heterocycles. The summed E-state index contributed by atoms with van der Waals surface area (Å²) in [4.78, 5) is 2.15. The highest BCUT2D eigenvalue weighted by Crippen LogP contribution is 2.27. The molecule has 0 unspecified atom stereocenters. The second kappa shape index (κ2) is 2.74. The van der Waals surface area contributed by atoms with Crippen molar-refractivity contribution in [2.75, 3.05) is 25.1 Å². The molecule has 2 radical (unpaired) electrons. The van der Waals surface area contributed by atoms with Gasteiger partial charge < -0.3 is 9.64 Å². The van der Waals surface area contributed by atoms with Crippen LogP contribution in [-0.2, 0) is 0 Å². The molecule has 3 heteroatoms. The van der Waals surface area contributed by atoms with Crippen molar-refractivity contribution in [3.63, 3.8) is 0 Å². The second-order valence-electron chi connectivity index (χ2n) is 2.97. The van der Waals surface area contributed by atoms with Crippen LogP contribution in [0.25, 0.3) is 0 Å². The Balaban J connectivity index is 2.52. The van der Waals surface area contributed by atoms with E-state index in [1.54, 1.807) is 0 Å². The number of hydrogen-bond donors (Lipinski definition) is 0. The van der Waals surface area contributed by atoms with Crippen LogP contribution in [0.1, 0.15) is 0 Å². The third-order valence-electron chi connectivity index (χ3n) is 2.11. The van der Waals surface area contributed by atoms with Crippen molar-refractivity contribution in [3.05, 3.63) is 18.2 Å². The van der Waals surface area contributed by atoms with E-state index in [0.717, 1.165) is 30.1 Å². The fraction of sp³-hybridized carbons (Fsp3) is 0.333. The van der Waals surface area contributed by atoms with Gasteiger partial charge in [-0.05, 0) is 6.07 Å². The summed E-state index contributed by atoms with van der Waals surface area (Å²) in [5.41, 5.74) is 1.81. The van der Waals surface area contributed by atoms with E-state index in [1.165, 1.54) is 0 Å². The standard InChI is InChI=1S/C9H10BNO/c1-11-5-6-12-9-7(10)3-2-4-8(9)11/h2-4H,5-6H2,1H3. The number of fused-ring (bicyclic) bond motifs is 1. The smallest absolute Gasteiger partial charge is 0.135 e. The fourth-order valence-corrected chi connectivity index (χ4v) is 1.41. The van der Waals surface area contributed by atoms with Crippen LogP contribution < -0.4 is 15.1 Å². The van der Waals surface area contributed by atoms with E-state index in [1.807, 2.05) is 25.2 Å². The highest BCUT2D eigenvalue weighted by molar-refractivity contribution is 6.34. The van der Waals surface area contributed by atoms with E-state index >= 15 is 0 Å². The number of nitrogens with zero attached hydrogens (tertiary/aromatic N) is 1. The Bertz CT molecular complexity index is 301. The topological polar surface area (TPSA) is 12.5 Å². The van der Waals surface area contributed by atoms with Crippen LogP contribution in [0.15, 0.2) is 18.2 Å². The molecular formula is C9H10BNO. The van der Waals surface area contributed by atoms with E-state index in [0.29, 0.717) is 0 Å². The normalized spacial score (nSPS) is 15.2. The molecule has 1 aromatic rings. The van der Waals surface area contributed by atoms with Crippen LogP contribution in [0, 0.1) is 0 Å². The van der Waals surface area contributed by atoms with Gasteiger partial charge in [-0.2, -0.15) is 0 Å². The lowest BCUT2D eigenvalue weighted by Gasteiger charge is -2.28. The van der Waals surface area contributed by atoms with E-state index in [9.17, 15) is 0 Å². The summed E-state index contributed by atoms with van der Waals surface area (Å²) in [5.74, 6) is 0.825. The Labute approximate surface area is 73.5 Å². The van der Waals surface area contributed by atoms with Crippen LogP contribution in [0.5, 0.6) is 5.75 Å². The molecule has 0 aliphatic carbocycles. The summed E-state index contributed by atoms with van der Waals surface area (Å²) in [6, 6.07) is 5.82. The zero-order valence-corrected chi connectivity index (χ0v) is 7.08. The van der Waals surface area contributed by atoms with Gasteiger partial charge in [0, 0.05) is 7.05 Å². The van der Waals surface area contributed by atoms with Gasteiger partial charge in [-0.3, -0.25) is 0 Å². The highest BCUT2D eigenvalue weighted by Gasteiger charge is 2.14. The van der Waals surface area contributed by atoms with Gasteiger partial charge in [-0.15, -0.1) is 0 Å². The van der Waals surface area contributed by atoms with Crippen LogP contribution in [0.4, 0.5) is 5.69 Å². The third-order valence-corrected chi connectivity index (χ3v) is 2.11. The average molecular weight is 159 g/mol. The molecule has 0 amide bonds. The molecule has 0 N–H and O–H groups in total. The van der Waals surface area contributed by atoms with Crippen molar-refractivity contribution in [3.8, 4) is 5.75 Å². The molecule has 1 aromatic carbocycles. The van der Waals surface area contributed by atoms with Crippen LogP contribution in [-0.4, -0.2) is 28.0 Å². The quantitative estimate of drug-likeness (QED) is 0.505. The summed E-state index contributed by atoms with van der Waals surface area (Å²) < 4.78 is 5.46. The molecule has 12 heavy (non-hydrogen) atoms. The molecule has 0 fully saturated rings. The predicted octanol–water partition coefficient (Wildman–Crippen LogP) is 0.309. The van der Waals surface area contributed by atoms with Gasteiger partial charge in [-0.1, -0.05) is 17.6 Å². The van der Waals surface area contributed by atoms with Gasteiger partial charge in [0.15, 0.2) is 0 Å². The molecule has 0 bridgehead atoms. The molecule has 2 rings (SSSR count). The maximum Gasteiger partial charge on any atom is 0.135 e. The zero-order chi connectivity index (χ0) is 8.55. The van der Waals surface area contributed by atoms with Crippen LogP contribution in [0.2, 0.25) is 0 Å². The number of anilines is 1. The number of hydrogen-bond acceptors (Lipinski definition) is 2. The largest absolute Gasteiger partial charge is 0.490 e. The maximum absolute atomic E-state index is 5.75. The molecule has 0 spiro atoms. The number of para-hydroxylation sites is 1. The third kappa shape index (κ3) is 1.05. The minimum absolute atomic E-state index is 0.720. The molecule has 60 valence electrons. The first-order chi connectivity index (χ1) is 5.79. The van der Waals surface area contributed by atoms with E-state index in [-0.39, 0.29) is 0 Å². The molecule has 0 saturated heterocycles. The summed E-state index contributed by atoms with van der Waals surface area (Å²) in [7, 11) is 7.79. The lowest BCUT2D eigenvalue weighted by atomic mass is 9.94. The molecule has 1 aliphatic heterocycles. The summed E-state index contributed by atoms with van der Waals surface area (Å²) >= 11 is 0. The lowest BCUT2D eigenvalue weighted by molar-refractivity contribution is 0.314. The molecular weight excluding hydrogens is 149 g/mol. The Hall–Kier alpha value is -1.12. The van der Waals surface area contributed by atoms with Crippen molar-refractivity contribution < 1.29 is 4.74 Å². The first-order valence-electron chi connectivity index (χ1n) is 4.01. The van der Waals surface area contributed by atoms with Crippen molar-refractivity contribution >= 4 is 19.0 Å². The summed E-state index contributed by atoms with van der Waals surface area (Å²) in [5, 5.41) is 0. The maximum atomic E-state index is 5.75. The number of ether oxygens (including phenoxy) is 1. The number of likely N-dealkylation sites (N-methyl/N-ethyl adjacent to an activating group) is 1. The predicted molar refractivity (Wildman–Crippen MR) is 50.6 cm³/mol. The molecule has 0 aromatic heterocycles. The van der Waals surface area contributed by atoms with Crippen LogP contribution >= 0.6 is 0 Å². The monoisotopic (exact) mass is 159 g/mol. The summed E-state index contributed by atoms with van der Waals surface area (Å²) in [6.07, 6.45) is 0. The van der Waals surface area contributed by atoms with Crippen molar-refractivity contribution in [1.29, 1.82) is 0 Å². The van der Waals surface area contributed by atoms with Crippen molar-refractivity contribution in [2.24, 2.45) is 0 Å². The van der Waals surface area contributed by atoms with Crippen LogP contribution in [0.3, 0.4) is 0 Å². The average Bonchev–Trinajstić information content (AvgIpc) is 2.07. The zero-order valence-electron chi connectivity index (χ0n) is 7.08. The van der Waals surface area contributed by atoms with Crippen molar-refractivity contribution in [1.82, 2.24) is 0 Å². The van der Waals surface area contributed by atoms with Gasteiger partial charge in [0.25, 0.3) is 0 Å². The Morgan fingerprint density at radius 3 is 3.08 bits per heavy atom. The first-order valence-corrected chi connectivity index (χ1v) is 4.01. The SMILES string of the molecule is [B]c1cccc2c1OCCN2C. The minimum atomic E-state index is 0.720. The minimum Gasteiger partial charge on any atom is -0.490 e. The fourth-order valence-electron chi connectivity index (χ4n) is 1.41. The molecule has 0 atom stereocenters. The Kier molecular flexibility index (Phi) is 1.72.